The number of benzene rings is 1. The van der Waals surface area contributed by atoms with Gasteiger partial charge in [-0.2, -0.15) is 0 Å². The van der Waals surface area contributed by atoms with Crippen molar-refractivity contribution in [3.63, 3.8) is 0 Å². The zero-order valence-electron chi connectivity index (χ0n) is 13.5. The zero-order chi connectivity index (χ0) is 17.9. The van der Waals surface area contributed by atoms with E-state index in [1.807, 2.05) is 6.07 Å². The lowest BCUT2D eigenvalue weighted by molar-refractivity contribution is 0.0918. The van der Waals surface area contributed by atoms with E-state index in [0.29, 0.717) is 5.56 Å². The number of thiophene rings is 1. The van der Waals surface area contributed by atoms with Gasteiger partial charge in [0.25, 0.3) is 5.91 Å². The number of sulfonamides is 1. The van der Waals surface area contributed by atoms with Crippen molar-refractivity contribution in [3.05, 3.63) is 52.2 Å². The van der Waals surface area contributed by atoms with Crippen molar-refractivity contribution in [2.24, 2.45) is 0 Å². The van der Waals surface area contributed by atoms with Gasteiger partial charge in [0.15, 0.2) is 0 Å². The van der Waals surface area contributed by atoms with Crippen molar-refractivity contribution in [2.75, 3.05) is 6.54 Å². The Bertz CT molecular complexity index is 829. The van der Waals surface area contributed by atoms with Crippen molar-refractivity contribution in [1.82, 2.24) is 10.0 Å². The maximum Gasteiger partial charge on any atom is 0.262 e. The highest BCUT2D eigenvalue weighted by Gasteiger charge is 2.27. The molecule has 1 aliphatic carbocycles. The first-order valence-electron chi connectivity index (χ1n) is 8.08. The van der Waals surface area contributed by atoms with Crippen LogP contribution < -0.4 is 10.0 Å². The first-order valence-corrected chi connectivity index (χ1v) is 10.4. The highest BCUT2D eigenvalue weighted by Crippen LogP contribution is 2.24. The van der Waals surface area contributed by atoms with Crippen LogP contribution in [0.15, 0.2) is 46.7 Å². The molecular formula is C17H20N2O4S2. The normalized spacial score (nSPS) is 16.2. The lowest BCUT2D eigenvalue weighted by Gasteiger charge is -2.26. The largest absolute Gasteiger partial charge is 0.387 e. The second-order valence-electron chi connectivity index (χ2n) is 5.99. The van der Waals surface area contributed by atoms with Crippen LogP contribution in [-0.2, 0) is 10.0 Å². The third kappa shape index (κ3) is 4.27. The van der Waals surface area contributed by atoms with E-state index in [0.717, 1.165) is 30.6 Å². The van der Waals surface area contributed by atoms with E-state index in [1.54, 1.807) is 29.6 Å². The smallest absolute Gasteiger partial charge is 0.262 e. The first-order chi connectivity index (χ1) is 12.0. The number of aliphatic hydroxyl groups excluding tert-OH is 1. The van der Waals surface area contributed by atoms with Crippen LogP contribution in [0.25, 0.3) is 0 Å². The zero-order valence-corrected chi connectivity index (χ0v) is 15.1. The molecule has 1 atom stereocenters. The van der Waals surface area contributed by atoms with Crippen LogP contribution in [0, 0.1) is 0 Å². The SMILES string of the molecule is O=C(NC1CCC1)c1sccc1S(=O)(=O)NCC(O)c1ccccc1. The topological polar surface area (TPSA) is 95.5 Å². The molecule has 0 spiro atoms. The van der Waals surface area contributed by atoms with Gasteiger partial charge in [-0.15, -0.1) is 11.3 Å². The summed E-state index contributed by atoms with van der Waals surface area (Å²) < 4.78 is 27.4. The molecule has 6 nitrogen and oxygen atoms in total. The predicted octanol–water partition coefficient (Wildman–Crippen LogP) is 2.04. The predicted molar refractivity (Wildman–Crippen MR) is 96.0 cm³/mol. The number of amides is 1. The molecule has 2 aromatic rings. The third-order valence-electron chi connectivity index (χ3n) is 4.22. The minimum Gasteiger partial charge on any atom is -0.387 e. The van der Waals surface area contributed by atoms with Crippen LogP contribution in [0.2, 0.25) is 0 Å². The maximum absolute atomic E-state index is 12.5. The van der Waals surface area contributed by atoms with Crippen molar-refractivity contribution in [1.29, 1.82) is 0 Å². The van der Waals surface area contributed by atoms with Crippen molar-refractivity contribution < 1.29 is 18.3 Å². The monoisotopic (exact) mass is 380 g/mol. The Morgan fingerprint density at radius 3 is 2.60 bits per heavy atom. The Morgan fingerprint density at radius 1 is 1.24 bits per heavy atom. The highest BCUT2D eigenvalue weighted by molar-refractivity contribution is 7.89. The number of hydrogen-bond donors (Lipinski definition) is 3. The van der Waals surface area contributed by atoms with E-state index in [2.05, 4.69) is 10.0 Å². The lowest BCUT2D eigenvalue weighted by Crippen LogP contribution is -2.40. The molecule has 0 saturated heterocycles. The van der Waals surface area contributed by atoms with Crippen LogP contribution in [0.1, 0.15) is 40.6 Å². The average molecular weight is 380 g/mol. The van der Waals surface area contributed by atoms with E-state index < -0.39 is 16.1 Å². The molecule has 134 valence electrons. The number of carbonyl (C=O) groups excluding carboxylic acids is 1. The summed E-state index contributed by atoms with van der Waals surface area (Å²) in [7, 11) is -3.88. The Kier molecular flexibility index (Phi) is 5.53. The summed E-state index contributed by atoms with van der Waals surface area (Å²) >= 11 is 1.10. The Morgan fingerprint density at radius 2 is 1.96 bits per heavy atom. The van der Waals surface area contributed by atoms with Crippen molar-refractivity contribution in [2.45, 2.75) is 36.3 Å². The second kappa shape index (κ2) is 7.65. The molecule has 3 rings (SSSR count). The van der Waals surface area contributed by atoms with Gasteiger partial charge in [0, 0.05) is 12.6 Å². The van der Waals surface area contributed by atoms with E-state index in [4.69, 9.17) is 0 Å². The molecule has 0 aliphatic heterocycles. The van der Waals surface area contributed by atoms with Crippen LogP contribution in [-0.4, -0.2) is 32.0 Å². The number of rotatable bonds is 7. The molecule has 1 aliphatic rings. The molecular weight excluding hydrogens is 360 g/mol. The van der Waals surface area contributed by atoms with E-state index in [-0.39, 0.29) is 28.3 Å². The van der Waals surface area contributed by atoms with E-state index in [1.165, 1.54) is 6.07 Å². The average Bonchev–Trinajstić information content (AvgIpc) is 3.07. The number of aliphatic hydroxyl groups is 1. The van der Waals surface area contributed by atoms with Gasteiger partial charge >= 0.3 is 0 Å². The van der Waals surface area contributed by atoms with Crippen molar-refractivity contribution >= 4 is 27.3 Å². The summed E-state index contributed by atoms with van der Waals surface area (Å²) in [5.74, 6) is -0.358. The van der Waals surface area contributed by atoms with Gasteiger partial charge in [0.2, 0.25) is 10.0 Å². The van der Waals surface area contributed by atoms with Gasteiger partial charge in [-0.1, -0.05) is 30.3 Å². The number of hydrogen-bond acceptors (Lipinski definition) is 5. The summed E-state index contributed by atoms with van der Waals surface area (Å²) in [6.45, 7) is -0.161. The quantitative estimate of drug-likeness (QED) is 0.685. The maximum atomic E-state index is 12.5. The molecule has 8 heteroatoms. The number of nitrogens with one attached hydrogen (secondary N) is 2. The van der Waals surface area contributed by atoms with Crippen LogP contribution >= 0.6 is 11.3 Å². The molecule has 1 fully saturated rings. The van der Waals surface area contributed by atoms with E-state index >= 15 is 0 Å². The first kappa shape index (κ1) is 18.1. The molecule has 1 aromatic heterocycles. The fourth-order valence-corrected chi connectivity index (χ4v) is 4.90. The van der Waals surface area contributed by atoms with Crippen molar-refractivity contribution in [3.8, 4) is 0 Å². The standard InChI is InChI=1S/C17H20N2O4S2/c20-14(12-5-2-1-3-6-12)11-18-25(22,23)15-9-10-24-16(15)17(21)19-13-7-4-8-13/h1-3,5-6,9-10,13-14,18,20H,4,7-8,11H2,(H,19,21). The van der Waals surface area contributed by atoms with Gasteiger partial charge in [0.1, 0.15) is 9.77 Å². The molecule has 1 unspecified atom stereocenters. The van der Waals surface area contributed by atoms with Crippen LogP contribution in [0.3, 0.4) is 0 Å². The van der Waals surface area contributed by atoms with Gasteiger partial charge < -0.3 is 10.4 Å². The van der Waals surface area contributed by atoms with Gasteiger partial charge in [-0.3, -0.25) is 4.79 Å². The second-order valence-corrected chi connectivity index (χ2v) is 8.65. The lowest BCUT2D eigenvalue weighted by atomic mass is 9.93. The van der Waals surface area contributed by atoms with Gasteiger partial charge in [-0.25, -0.2) is 13.1 Å². The molecule has 1 heterocycles. The fraction of sp³-hybridized carbons (Fsp3) is 0.353. The summed E-state index contributed by atoms with van der Waals surface area (Å²) in [4.78, 5) is 12.4. The highest BCUT2D eigenvalue weighted by atomic mass is 32.2. The molecule has 0 radical (unpaired) electrons. The summed E-state index contributed by atoms with van der Waals surface area (Å²) in [5, 5.41) is 14.5. The number of carbonyl (C=O) groups is 1. The molecule has 1 amide bonds. The minimum atomic E-state index is -3.88. The summed E-state index contributed by atoms with van der Waals surface area (Å²) in [6.07, 6.45) is 1.99. The van der Waals surface area contributed by atoms with E-state index in [9.17, 15) is 18.3 Å². The molecule has 1 aromatic carbocycles. The Hall–Kier alpha value is -1.74. The minimum absolute atomic E-state index is 0.0467. The van der Waals surface area contributed by atoms with Gasteiger partial charge in [0.05, 0.1) is 6.10 Å². The molecule has 1 saturated carbocycles. The molecule has 25 heavy (non-hydrogen) atoms. The molecule has 3 N–H and O–H groups in total. The summed E-state index contributed by atoms with van der Waals surface area (Å²) in [6, 6.07) is 10.4. The fourth-order valence-electron chi connectivity index (χ4n) is 2.54. The Labute approximate surface area is 150 Å². The third-order valence-corrected chi connectivity index (χ3v) is 6.72. The van der Waals surface area contributed by atoms with Gasteiger partial charge in [-0.05, 0) is 36.3 Å². The van der Waals surface area contributed by atoms with Crippen LogP contribution in [0.5, 0.6) is 0 Å². The molecule has 0 bridgehead atoms. The summed E-state index contributed by atoms with van der Waals surface area (Å²) in [5.41, 5.74) is 0.624. The van der Waals surface area contributed by atoms with Crippen LogP contribution in [0.4, 0.5) is 0 Å². The Balaban J connectivity index is 1.68.